The standard InChI is InChI=1S/C28H21Cl2F2N3O6/c1-35(2)13-14(26-23(28(37)39-4)25(34-41-26)21-16(30)8-6-10-18(21)32)11-12-19-22(27(36)38-3)24(33-40-19)20-15(29)7-5-9-17(20)31/h5-13H,1-4H3. The van der Waals surface area contributed by atoms with Crippen LogP contribution in [0.25, 0.3) is 34.2 Å². The fourth-order valence-electron chi connectivity index (χ4n) is 3.90. The molecule has 4 rings (SSSR count). The lowest BCUT2D eigenvalue weighted by Crippen LogP contribution is -2.07. The monoisotopic (exact) mass is 603 g/mol. The predicted molar refractivity (Wildman–Crippen MR) is 147 cm³/mol. The Balaban J connectivity index is 1.89. The number of carbonyl (C=O) groups is 2. The van der Waals surface area contributed by atoms with Gasteiger partial charge in [0.1, 0.15) is 34.1 Å². The van der Waals surface area contributed by atoms with Crippen LogP contribution in [-0.2, 0) is 9.47 Å². The van der Waals surface area contributed by atoms with Crippen LogP contribution in [0, 0.1) is 11.6 Å². The molecule has 0 saturated carbocycles. The van der Waals surface area contributed by atoms with E-state index in [1.807, 2.05) is 0 Å². The van der Waals surface area contributed by atoms with Crippen molar-refractivity contribution in [2.75, 3.05) is 28.3 Å². The highest BCUT2D eigenvalue weighted by atomic mass is 35.5. The van der Waals surface area contributed by atoms with E-state index in [4.69, 9.17) is 41.7 Å². The highest BCUT2D eigenvalue weighted by Gasteiger charge is 2.30. The Bertz CT molecular complexity index is 1650. The van der Waals surface area contributed by atoms with Gasteiger partial charge in [-0.05, 0) is 36.4 Å². The number of methoxy groups -OCH3 is 2. The predicted octanol–water partition coefficient (Wildman–Crippen LogP) is 6.77. The third-order valence-electron chi connectivity index (χ3n) is 5.66. The Morgan fingerprint density at radius 2 is 1.37 bits per heavy atom. The van der Waals surface area contributed by atoms with Crippen molar-refractivity contribution in [3.8, 4) is 22.5 Å². The average Bonchev–Trinajstić information content (AvgIpc) is 3.55. The maximum Gasteiger partial charge on any atom is 0.344 e. The Morgan fingerprint density at radius 3 is 1.88 bits per heavy atom. The van der Waals surface area contributed by atoms with Crippen LogP contribution >= 0.6 is 23.2 Å². The number of hydrogen-bond acceptors (Lipinski definition) is 9. The summed E-state index contributed by atoms with van der Waals surface area (Å²) in [6.45, 7) is 0. The number of benzene rings is 2. The normalized spacial score (nSPS) is 11.7. The van der Waals surface area contributed by atoms with Crippen LogP contribution in [0.2, 0.25) is 10.0 Å². The zero-order chi connectivity index (χ0) is 29.8. The zero-order valence-corrected chi connectivity index (χ0v) is 23.5. The number of aromatic nitrogens is 2. The molecule has 0 unspecified atom stereocenters. The first-order valence-corrected chi connectivity index (χ1v) is 12.5. The van der Waals surface area contributed by atoms with Crippen molar-refractivity contribution in [1.82, 2.24) is 15.2 Å². The van der Waals surface area contributed by atoms with Gasteiger partial charge in [-0.2, -0.15) is 0 Å². The second kappa shape index (κ2) is 12.4. The van der Waals surface area contributed by atoms with Crippen LogP contribution in [0.1, 0.15) is 32.2 Å². The summed E-state index contributed by atoms with van der Waals surface area (Å²) in [5.41, 5.74) is -0.863. The van der Waals surface area contributed by atoms with Gasteiger partial charge in [0, 0.05) is 25.9 Å². The minimum Gasteiger partial charge on any atom is -0.465 e. The number of hydrogen-bond donors (Lipinski definition) is 0. The second-order valence-corrected chi connectivity index (χ2v) is 9.38. The molecule has 0 amide bonds. The summed E-state index contributed by atoms with van der Waals surface area (Å²) >= 11 is 12.4. The fraction of sp³-hybridized carbons (Fsp3) is 0.143. The van der Waals surface area contributed by atoms with Crippen LogP contribution in [-0.4, -0.2) is 55.5 Å². The largest absolute Gasteiger partial charge is 0.465 e. The summed E-state index contributed by atoms with van der Waals surface area (Å²) in [7, 11) is 5.68. The van der Waals surface area contributed by atoms with Crippen molar-refractivity contribution in [2.24, 2.45) is 0 Å². The first-order chi connectivity index (χ1) is 19.6. The first-order valence-electron chi connectivity index (χ1n) is 11.7. The van der Waals surface area contributed by atoms with Gasteiger partial charge in [0.15, 0.2) is 11.5 Å². The molecule has 2 heterocycles. The van der Waals surface area contributed by atoms with Gasteiger partial charge in [-0.25, -0.2) is 18.4 Å². The lowest BCUT2D eigenvalue weighted by Gasteiger charge is -2.09. The number of halogens is 4. The molecular formula is C28H21Cl2F2N3O6. The summed E-state index contributed by atoms with van der Waals surface area (Å²) in [5, 5.41) is 7.78. The molecule has 0 aliphatic heterocycles. The Morgan fingerprint density at radius 1 is 0.854 bits per heavy atom. The molecule has 0 spiro atoms. The van der Waals surface area contributed by atoms with Crippen LogP contribution in [0.15, 0.2) is 57.7 Å². The number of ether oxygens (including phenoxy) is 2. The van der Waals surface area contributed by atoms with Gasteiger partial charge in [0.2, 0.25) is 0 Å². The molecule has 9 nitrogen and oxygen atoms in total. The van der Waals surface area contributed by atoms with Gasteiger partial charge in [-0.15, -0.1) is 0 Å². The molecule has 0 saturated heterocycles. The maximum absolute atomic E-state index is 14.8. The first kappa shape index (κ1) is 29.5. The van der Waals surface area contributed by atoms with Crippen LogP contribution in [0.5, 0.6) is 0 Å². The lowest BCUT2D eigenvalue weighted by molar-refractivity contribution is 0.0591. The van der Waals surface area contributed by atoms with E-state index in [2.05, 4.69) is 10.3 Å². The molecule has 0 fully saturated rings. The molecule has 0 aliphatic carbocycles. The van der Waals surface area contributed by atoms with E-state index >= 15 is 0 Å². The number of nitrogens with zero attached hydrogens (tertiary/aromatic N) is 3. The van der Waals surface area contributed by atoms with Gasteiger partial charge < -0.3 is 23.4 Å². The van der Waals surface area contributed by atoms with Crippen LogP contribution in [0.3, 0.4) is 0 Å². The lowest BCUT2D eigenvalue weighted by atomic mass is 10.0. The van der Waals surface area contributed by atoms with Crippen molar-refractivity contribution in [2.45, 2.75) is 0 Å². The third-order valence-corrected chi connectivity index (χ3v) is 6.29. The summed E-state index contributed by atoms with van der Waals surface area (Å²) in [6, 6.07) is 7.98. The molecular weight excluding hydrogens is 583 g/mol. The molecule has 0 aliphatic rings. The van der Waals surface area contributed by atoms with E-state index in [1.165, 1.54) is 36.4 Å². The maximum atomic E-state index is 14.8. The topological polar surface area (TPSA) is 108 Å². The molecule has 0 N–H and O–H groups in total. The van der Waals surface area contributed by atoms with E-state index in [-0.39, 0.29) is 60.8 Å². The second-order valence-electron chi connectivity index (χ2n) is 8.56. The molecule has 2 aromatic heterocycles. The minimum absolute atomic E-state index is 0.00381. The number of esters is 2. The highest BCUT2D eigenvalue weighted by molar-refractivity contribution is 6.34. The van der Waals surface area contributed by atoms with Crippen molar-refractivity contribution in [3.05, 3.63) is 93.0 Å². The van der Waals surface area contributed by atoms with Crippen molar-refractivity contribution >= 4 is 46.8 Å². The van der Waals surface area contributed by atoms with Gasteiger partial charge >= 0.3 is 11.9 Å². The molecule has 212 valence electrons. The Kier molecular flexibility index (Phi) is 8.89. The van der Waals surface area contributed by atoms with E-state index < -0.39 is 23.6 Å². The highest BCUT2D eigenvalue weighted by Crippen LogP contribution is 2.38. The number of carbonyl (C=O) groups excluding carboxylic acids is 2. The van der Waals surface area contributed by atoms with Gasteiger partial charge in [0.05, 0.1) is 35.4 Å². The molecule has 0 radical (unpaired) electrons. The quantitative estimate of drug-likeness (QED) is 0.159. The molecule has 2 aromatic carbocycles. The van der Waals surface area contributed by atoms with Crippen molar-refractivity contribution in [1.29, 1.82) is 0 Å². The summed E-state index contributed by atoms with van der Waals surface area (Å²) in [4.78, 5) is 27.3. The Hall–Kier alpha value is -4.48. The zero-order valence-electron chi connectivity index (χ0n) is 22.0. The van der Waals surface area contributed by atoms with Crippen LogP contribution in [0.4, 0.5) is 8.78 Å². The van der Waals surface area contributed by atoms with Crippen molar-refractivity contribution < 1.29 is 36.9 Å². The van der Waals surface area contributed by atoms with Crippen molar-refractivity contribution in [3.63, 3.8) is 0 Å². The van der Waals surface area contributed by atoms with E-state index in [9.17, 15) is 18.4 Å². The average molecular weight is 604 g/mol. The molecule has 41 heavy (non-hydrogen) atoms. The third kappa shape index (κ3) is 5.86. The minimum atomic E-state index is -0.875. The summed E-state index contributed by atoms with van der Waals surface area (Å²) in [6.07, 6.45) is 4.30. The molecule has 4 aromatic rings. The van der Waals surface area contributed by atoms with Crippen LogP contribution < -0.4 is 0 Å². The van der Waals surface area contributed by atoms with Gasteiger partial charge in [0.25, 0.3) is 0 Å². The molecule has 0 atom stereocenters. The fourth-order valence-corrected chi connectivity index (χ4v) is 4.41. The number of rotatable bonds is 8. The molecule has 13 heteroatoms. The van der Waals surface area contributed by atoms with E-state index in [1.54, 1.807) is 25.2 Å². The smallest absolute Gasteiger partial charge is 0.344 e. The summed E-state index contributed by atoms with van der Waals surface area (Å²) in [5.74, 6) is -3.44. The number of allylic oxidation sites excluding steroid dienone is 2. The van der Waals surface area contributed by atoms with Gasteiger partial charge in [-0.3, -0.25) is 0 Å². The van der Waals surface area contributed by atoms with E-state index in [0.717, 1.165) is 26.4 Å². The van der Waals surface area contributed by atoms with Gasteiger partial charge in [-0.1, -0.05) is 45.6 Å². The van der Waals surface area contributed by atoms with E-state index in [0.29, 0.717) is 0 Å². The SMILES string of the molecule is COC(=O)c1c(-c2c(F)cccc2Cl)noc1C=CC(=CN(C)C)c1onc(-c2c(F)cccc2Cl)c1C(=O)OC. The Labute approximate surface area is 242 Å². The molecule has 0 bridgehead atoms. The summed E-state index contributed by atoms with van der Waals surface area (Å²) < 4.78 is 50.1.